The number of sulfone groups is 1. The number of likely N-dealkylation sites (N-methyl/N-ethyl adjacent to an activating group) is 1. The van der Waals surface area contributed by atoms with Crippen LogP contribution in [0.2, 0.25) is 0 Å². The van der Waals surface area contributed by atoms with Gasteiger partial charge >= 0.3 is 0 Å². The van der Waals surface area contributed by atoms with Crippen LogP contribution in [0.25, 0.3) is 0 Å². The Morgan fingerprint density at radius 3 is 2.56 bits per heavy atom. The third kappa shape index (κ3) is 6.88. The average Bonchev–Trinajstić information content (AvgIpc) is 2.60. The lowest BCUT2D eigenvalue weighted by molar-refractivity contribution is -0.117. The van der Waals surface area contributed by atoms with Crippen LogP contribution in [-0.2, 0) is 21.2 Å². The normalized spacial score (nSPS) is 11.2. The van der Waals surface area contributed by atoms with Crippen molar-refractivity contribution in [2.45, 2.75) is 11.4 Å². The van der Waals surface area contributed by atoms with E-state index in [0.29, 0.717) is 18.8 Å². The molecule has 1 amide bonds. The fourth-order valence-electron chi connectivity index (χ4n) is 2.46. The average molecular weight is 388 g/mol. The van der Waals surface area contributed by atoms with E-state index in [1.54, 1.807) is 18.2 Å². The van der Waals surface area contributed by atoms with E-state index in [2.05, 4.69) is 11.9 Å². The van der Waals surface area contributed by atoms with Gasteiger partial charge in [-0.3, -0.25) is 9.69 Å². The maximum absolute atomic E-state index is 12.2. The van der Waals surface area contributed by atoms with Gasteiger partial charge in [0.05, 0.1) is 11.4 Å². The molecule has 0 fully saturated rings. The van der Waals surface area contributed by atoms with Crippen molar-refractivity contribution in [1.82, 2.24) is 4.90 Å². The first-order chi connectivity index (χ1) is 12.8. The van der Waals surface area contributed by atoms with Crippen molar-refractivity contribution in [3.05, 3.63) is 66.7 Å². The number of ether oxygens (including phenoxy) is 1. The lowest BCUT2D eigenvalue weighted by atomic mass is 10.2. The molecule has 0 saturated heterocycles. The van der Waals surface area contributed by atoms with Gasteiger partial charge in [-0.1, -0.05) is 30.9 Å². The molecule has 0 atom stereocenters. The molecule has 6 nitrogen and oxygen atoms in total. The second kappa shape index (κ2) is 9.34. The van der Waals surface area contributed by atoms with Crippen LogP contribution in [0, 0.1) is 0 Å². The second-order valence-corrected chi connectivity index (χ2v) is 8.28. The summed E-state index contributed by atoms with van der Waals surface area (Å²) in [5.74, 6) is 0.555. The maximum atomic E-state index is 12.2. The predicted molar refractivity (Wildman–Crippen MR) is 107 cm³/mol. The van der Waals surface area contributed by atoms with Crippen molar-refractivity contribution < 1.29 is 17.9 Å². The van der Waals surface area contributed by atoms with E-state index >= 15 is 0 Å². The van der Waals surface area contributed by atoms with E-state index in [0.717, 1.165) is 17.6 Å². The van der Waals surface area contributed by atoms with Gasteiger partial charge in [-0.2, -0.15) is 0 Å². The number of nitrogens with zero attached hydrogens (tertiary/aromatic N) is 1. The van der Waals surface area contributed by atoms with Crippen LogP contribution in [0.4, 0.5) is 5.69 Å². The van der Waals surface area contributed by atoms with Crippen molar-refractivity contribution in [3.8, 4) is 5.75 Å². The van der Waals surface area contributed by atoms with E-state index in [4.69, 9.17) is 4.74 Å². The molecule has 0 aromatic heterocycles. The molecule has 2 aromatic carbocycles. The number of hydrogen-bond acceptors (Lipinski definition) is 5. The van der Waals surface area contributed by atoms with Gasteiger partial charge in [0.15, 0.2) is 9.84 Å². The quantitative estimate of drug-likeness (QED) is 0.669. The minimum atomic E-state index is -3.31. The molecule has 27 heavy (non-hydrogen) atoms. The monoisotopic (exact) mass is 388 g/mol. The Kier molecular flexibility index (Phi) is 7.15. The van der Waals surface area contributed by atoms with Gasteiger partial charge in [0, 0.05) is 18.5 Å². The first-order valence-electron chi connectivity index (χ1n) is 8.39. The van der Waals surface area contributed by atoms with Crippen molar-refractivity contribution in [3.63, 3.8) is 0 Å². The van der Waals surface area contributed by atoms with E-state index in [9.17, 15) is 13.2 Å². The van der Waals surface area contributed by atoms with Crippen LogP contribution in [0.15, 0.2) is 66.1 Å². The van der Waals surface area contributed by atoms with Crippen LogP contribution in [0.1, 0.15) is 5.56 Å². The van der Waals surface area contributed by atoms with Gasteiger partial charge in [0.2, 0.25) is 5.91 Å². The van der Waals surface area contributed by atoms with E-state index in [1.807, 2.05) is 36.2 Å². The van der Waals surface area contributed by atoms with Crippen molar-refractivity contribution in [2.75, 3.05) is 31.8 Å². The summed E-state index contributed by atoms with van der Waals surface area (Å²) >= 11 is 0. The number of carbonyl (C=O) groups excluding carboxylic acids is 1. The molecule has 144 valence electrons. The highest BCUT2D eigenvalue weighted by atomic mass is 32.2. The third-order valence-electron chi connectivity index (χ3n) is 3.70. The summed E-state index contributed by atoms with van der Waals surface area (Å²) in [5, 5.41) is 2.73. The number of hydrogen-bond donors (Lipinski definition) is 1. The molecule has 0 radical (unpaired) electrons. The van der Waals surface area contributed by atoms with Gasteiger partial charge < -0.3 is 10.1 Å². The Bertz CT molecular complexity index is 892. The van der Waals surface area contributed by atoms with Gasteiger partial charge in [0.1, 0.15) is 12.4 Å². The summed E-state index contributed by atoms with van der Waals surface area (Å²) < 4.78 is 28.6. The van der Waals surface area contributed by atoms with Gasteiger partial charge in [0.25, 0.3) is 0 Å². The molecular weight excluding hydrogens is 364 g/mol. The minimum absolute atomic E-state index is 0.174. The minimum Gasteiger partial charge on any atom is -0.490 e. The molecule has 0 aliphatic heterocycles. The fraction of sp³-hybridized carbons (Fsp3) is 0.250. The zero-order valence-electron chi connectivity index (χ0n) is 15.5. The van der Waals surface area contributed by atoms with Gasteiger partial charge in [-0.25, -0.2) is 8.42 Å². The highest BCUT2D eigenvalue weighted by molar-refractivity contribution is 7.90. The number of benzene rings is 2. The molecule has 0 saturated carbocycles. The Hall–Kier alpha value is -2.64. The molecule has 0 spiro atoms. The van der Waals surface area contributed by atoms with E-state index in [-0.39, 0.29) is 17.3 Å². The van der Waals surface area contributed by atoms with Crippen LogP contribution in [0.5, 0.6) is 5.75 Å². The molecule has 7 heteroatoms. The van der Waals surface area contributed by atoms with Crippen molar-refractivity contribution >= 4 is 21.4 Å². The number of amides is 1. The van der Waals surface area contributed by atoms with E-state index in [1.165, 1.54) is 12.1 Å². The number of anilines is 1. The molecule has 0 unspecified atom stereocenters. The summed E-state index contributed by atoms with van der Waals surface area (Å²) in [6.07, 6.45) is 2.82. The Morgan fingerprint density at radius 1 is 1.22 bits per heavy atom. The molecule has 0 aliphatic carbocycles. The fourth-order valence-corrected chi connectivity index (χ4v) is 3.13. The van der Waals surface area contributed by atoms with Crippen LogP contribution >= 0.6 is 0 Å². The molecule has 2 rings (SSSR count). The standard InChI is InChI=1S/C20H24N2O4S/c1-4-12-26-18-10-8-16(9-11-18)14-22(2)15-20(23)21-17-6-5-7-19(13-17)27(3,24)25/h4-11,13H,1,12,14-15H2,2-3H3,(H,21,23). The van der Waals surface area contributed by atoms with Crippen LogP contribution in [-0.4, -0.2) is 45.7 Å². The largest absolute Gasteiger partial charge is 0.490 e. The summed E-state index contributed by atoms with van der Waals surface area (Å²) in [6.45, 7) is 4.84. The SMILES string of the molecule is C=CCOc1ccc(CN(C)CC(=O)Nc2cccc(S(C)(=O)=O)c2)cc1. The molecule has 0 aliphatic rings. The predicted octanol–water partition coefficient (Wildman–Crippen LogP) is 2.73. The number of nitrogens with one attached hydrogen (secondary N) is 1. The second-order valence-electron chi connectivity index (χ2n) is 6.26. The summed E-state index contributed by atoms with van der Waals surface area (Å²) in [4.78, 5) is 14.3. The van der Waals surface area contributed by atoms with Crippen molar-refractivity contribution in [2.24, 2.45) is 0 Å². The van der Waals surface area contributed by atoms with Crippen LogP contribution < -0.4 is 10.1 Å². The Labute approximate surface area is 160 Å². The van der Waals surface area contributed by atoms with Crippen molar-refractivity contribution in [1.29, 1.82) is 0 Å². The van der Waals surface area contributed by atoms with E-state index < -0.39 is 9.84 Å². The molecular formula is C20H24N2O4S. The molecule has 0 heterocycles. The first-order valence-corrected chi connectivity index (χ1v) is 10.3. The molecule has 0 bridgehead atoms. The van der Waals surface area contributed by atoms with Gasteiger partial charge in [-0.05, 0) is 42.9 Å². The lowest BCUT2D eigenvalue weighted by Gasteiger charge is -2.17. The summed E-state index contributed by atoms with van der Waals surface area (Å²) in [5.41, 5.74) is 1.51. The number of carbonyl (C=O) groups is 1. The molecule has 2 aromatic rings. The maximum Gasteiger partial charge on any atom is 0.238 e. The zero-order chi connectivity index (χ0) is 19.9. The molecule has 1 N–H and O–H groups in total. The number of rotatable bonds is 9. The third-order valence-corrected chi connectivity index (χ3v) is 4.81. The summed E-state index contributed by atoms with van der Waals surface area (Å²) in [6, 6.07) is 13.9. The Balaban J connectivity index is 1.89. The smallest absolute Gasteiger partial charge is 0.238 e. The highest BCUT2D eigenvalue weighted by Crippen LogP contribution is 2.16. The summed E-state index contributed by atoms with van der Waals surface area (Å²) in [7, 11) is -1.47. The lowest BCUT2D eigenvalue weighted by Crippen LogP contribution is -2.29. The topological polar surface area (TPSA) is 75.7 Å². The first kappa shape index (κ1) is 20.7. The highest BCUT2D eigenvalue weighted by Gasteiger charge is 2.11. The zero-order valence-corrected chi connectivity index (χ0v) is 16.3. The Morgan fingerprint density at radius 2 is 1.93 bits per heavy atom. The van der Waals surface area contributed by atoms with Gasteiger partial charge in [-0.15, -0.1) is 0 Å². The van der Waals surface area contributed by atoms with Crippen LogP contribution in [0.3, 0.4) is 0 Å².